The van der Waals surface area contributed by atoms with Gasteiger partial charge in [-0.05, 0) is 12.1 Å². The lowest BCUT2D eigenvalue weighted by Gasteiger charge is -2.08. The highest BCUT2D eigenvalue weighted by atomic mass is 127. The maximum absolute atomic E-state index is 5.46. The Morgan fingerprint density at radius 2 is 2.07 bits per heavy atom. The van der Waals surface area contributed by atoms with Gasteiger partial charge in [-0.1, -0.05) is 53.0 Å². The van der Waals surface area contributed by atoms with Crippen LogP contribution in [0.3, 0.4) is 0 Å². The molecule has 1 rings (SSSR count). The van der Waals surface area contributed by atoms with Crippen molar-refractivity contribution < 1.29 is 4.74 Å². The number of nitrogens with one attached hydrogen (secondary N) is 1. The van der Waals surface area contributed by atoms with Crippen molar-refractivity contribution in [3.8, 4) is 5.75 Å². The van der Waals surface area contributed by atoms with E-state index in [1.807, 2.05) is 30.3 Å². The number of alkyl halides is 1. The fourth-order valence-electron chi connectivity index (χ4n) is 0.903. The van der Waals surface area contributed by atoms with E-state index in [0.717, 1.165) is 21.7 Å². The maximum atomic E-state index is 5.46. The topological polar surface area (TPSA) is 21.3 Å². The van der Waals surface area contributed by atoms with Crippen molar-refractivity contribution in [1.82, 2.24) is 5.32 Å². The molecule has 0 fully saturated rings. The Morgan fingerprint density at radius 3 is 2.71 bits per heavy atom. The maximum Gasteiger partial charge on any atom is 0.138 e. The predicted octanol–water partition coefficient (Wildman–Crippen LogP) is 2.42. The SMILES string of the molecule is S=C(COc1ccccc1)NCCI. The minimum absolute atomic E-state index is 0.454. The molecule has 0 saturated carbocycles. The van der Waals surface area contributed by atoms with Crippen LogP contribution in [-0.2, 0) is 0 Å². The summed E-state index contributed by atoms with van der Waals surface area (Å²) >= 11 is 7.38. The lowest BCUT2D eigenvalue weighted by atomic mass is 10.3. The molecule has 4 heteroatoms. The Balaban J connectivity index is 2.24. The zero-order chi connectivity index (χ0) is 10.2. The Labute approximate surface area is 103 Å². The Kier molecular flexibility index (Phi) is 5.86. The summed E-state index contributed by atoms with van der Waals surface area (Å²) in [4.78, 5) is 0.755. The second-order valence-electron chi connectivity index (χ2n) is 2.64. The van der Waals surface area contributed by atoms with Crippen LogP contribution >= 0.6 is 34.8 Å². The summed E-state index contributed by atoms with van der Waals surface area (Å²) in [6.45, 7) is 1.35. The number of benzene rings is 1. The molecule has 0 saturated heterocycles. The first kappa shape index (κ1) is 11.7. The third kappa shape index (κ3) is 4.76. The lowest BCUT2D eigenvalue weighted by Crippen LogP contribution is -2.28. The van der Waals surface area contributed by atoms with Crippen molar-refractivity contribution in [3.05, 3.63) is 30.3 Å². The van der Waals surface area contributed by atoms with Gasteiger partial charge in [0.05, 0.1) is 0 Å². The zero-order valence-electron chi connectivity index (χ0n) is 7.70. The van der Waals surface area contributed by atoms with Crippen molar-refractivity contribution in [2.75, 3.05) is 17.6 Å². The summed E-state index contributed by atoms with van der Waals surface area (Å²) in [5, 5.41) is 3.10. The van der Waals surface area contributed by atoms with Gasteiger partial charge < -0.3 is 10.1 Å². The van der Waals surface area contributed by atoms with Gasteiger partial charge in [-0.3, -0.25) is 0 Å². The van der Waals surface area contributed by atoms with Crippen molar-refractivity contribution in [2.45, 2.75) is 0 Å². The smallest absolute Gasteiger partial charge is 0.138 e. The van der Waals surface area contributed by atoms with Gasteiger partial charge in [-0.25, -0.2) is 0 Å². The van der Waals surface area contributed by atoms with Crippen molar-refractivity contribution in [1.29, 1.82) is 0 Å². The molecule has 2 nitrogen and oxygen atoms in total. The molecule has 0 aliphatic heterocycles. The summed E-state index contributed by atoms with van der Waals surface area (Å²) < 4.78 is 6.50. The molecule has 0 bridgehead atoms. The van der Waals surface area contributed by atoms with Gasteiger partial charge in [0.25, 0.3) is 0 Å². The largest absolute Gasteiger partial charge is 0.486 e. The zero-order valence-corrected chi connectivity index (χ0v) is 10.7. The second kappa shape index (κ2) is 7.00. The molecule has 0 heterocycles. The van der Waals surface area contributed by atoms with Crippen LogP contribution in [0.15, 0.2) is 30.3 Å². The predicted molar refractivity (Wildman–Crippen MR) is 71.4 cm³/mol. The summed E-state index contributed by atoms with van der Waals surface area (Å²) in [5.74, 6) is 0.853. The molecular weight excluding hydrogens is 309 g/mol. The quantitative estimate of drug-likeness (QED) is 0.511. The molecule has 0 spiro atoms. The van der Waals surface area contributed by atoms with E-state index < -0.39 is 0 Å². The highest BCUT2D eigenvalue weighted by Crippen LogP contribution is 2.07. The van der Waals surface area contributed by atoms with Crippen LogP contribution in [0.2, 0.25) is 0 Å². The molecule has 0 aromatic heterocycles. The molecule has 0 radical (unpaired) electrons. The third-order valence-corrected chi connectivity index (χ3v) is 2.33. The first-order valence-electron chi connectivity index (χ1n) is 4.33. The summed E-state index contributed by atoms with van der Waals surface area (Å²) in [7, 11) is 0. The van der Waals surface area contributed by atoms with E-state index in [1.165, 1.54) is 0 Å². The van der Waals surface area contributed by atoms with Crippen molar-refractivity contribution in [3.63, 3.8) is 0 Å². The van der Waals surface area contributed by atoms with Crippen molar-refractivity contribution >= 4 is 39.8 Å². The van der Waals surface area contributed by atoms with E-state index in [4.69, 9.17) is 17.0 Å². The van der Waals surface area contributed by atoms with E-state index in [-0.39, 0.29) is 0 Å². The van der Waals surface area contributed by atoms with Crippen molar-refractivity contribution in [2.24, 2.45) is 0 Å². The second-order valence-corrected chi connectivity index (χ2v) is 4.21. The number of halogens is 1. The first-order valence-corrected chi connectivity index (χ1v) is 6.27. The Bertz CT molecular complexity index is 279. The van der Waals surface area contributed by atoms with Crippen LogP contribution in [0, 0.1) is 0 Å². The van der Waals surface area contributed by atoms with Crippen LogP contribution in [0.1, 0.15) is 0 Å². The molecule has 0 unspecified atom stereocenters. The standard InChI is InChI=1S/C10H12INOS/c11-6-7-12-10(14)8-13-9-4-2-1-3-5-9/h1-5H,6-8H2,(H,12,14). The average molecular weight is 321 g/mol. The number of hydrogen-bond acceptors (Lipinski definition) is 2. The van der Waals surface area contributed by atoms with E-state index in [0.29, 0.717) is 6.61 Å². The first-order chi connectivity index (χ1) is 6.83. The Morgan fingerprint density at radius 1 is 1.36 bits per heavy atom. The average Bonchev–Trinajstić information content (AvgIpc) is 2.25. The number of hydrogen-bond donors (Lipinski definition) is 1. The fraction of sp³-hybridized carbons (Fsp3) is 0.300. The highest BCUT2D eigenvalue weighted by molar-refractivity contribution is 14.1. The molecule has 1 aromatic carbocycles. The van der Waals surface area contributed by atoms with E-state index >= 15 is 0 Å². The van der Waals surface area contributed by atoms with Crippen LogP contribution in [-0.4, -0.2) is 22.6 Å². The molecule has 1 N–H and O–H groups in total. The fourth-order valence-corrected chi connectivity index (χ4v) is 1.33. The molecular formula is C10H12INOS. The van der Waals surface area contributed by atoms with Gasteiger partial charge in [0.15, 0.2) is 0 Å². The summed E-state index contributed by atoms with van der Waals surface area (Å²) in [6, 6.07) is 9.68. The third-order valence-electron chi connectivity index (χ3n) is 1.53. The number of rotatable bonds is 5. The van der Waals surface area contributed by atoms with Gasteiger partial charge in [0.1, 0.15) is 17.3 Å². The lowest BCUT2D eigenvalue weighted by molar-refractivity contribution is 0.375. The minimum atomic E-state index is 0.454. The normalized spacial score (nSPS) is 9.50. The van der Waals surface area contributed by atoms with Crippen LogP contribution in [0.5, 0.6) is 5.75 Å². The number of ether oxygens (including phenoxy) is 1. The summed E-state index contributed by atoms with van der Waals surface area (Å²) in [6.07, 6.45) is 0. The van der Waals surface area contributed by atoms with Crippen LogP contribution in [0.25, 0.3) is 0 Å². The monoisotopic (exact) mass is 321 g/mol. The van der Waals surface area contributed by atoms with Gasteiger partial charge in [0, 0.05) is 11.0 Å². The molecule has 0 amide bonds. The number of thiocarbonyl (C=S) groups is 1. The molecule has 1 aromatic rings. The molecule has 14 heavy (non-hydrogen) atoms. The van der Waals surface area contributed by atoms with E-state index in [9.17, 15) is 0 Å². The van der Waals surface area contributed by atoms with E-state index in [1.54, 1.807) is 0 Å². The summed E-state index contributed by atoms with van der Waals surface area (Å²) in [5.41, 5.74) is 0. The molecule has 0 aliphatic carbocycles. The number of para-hydroxylation sites is 1. The van der Waals surface area contributed by atoms with Crippen LogP contribution in [0.4, 0.5) is 0 Å². The van der Waals surface area contributed by atoms with Gasteiger partial charge in [-0.2, -0.15) is 0 Å². The molecule has 0 aliphatic rings. The van der Waals surface area contributed by atoms with Crippen LogP contribution < -0.4 is 10.1 Å². The molecule has 76 valence electrons. The van der Waals surface area contributed by atoms with E-state index in [2.05, 4.69) is 27.9 Å². The molecule has 0 atom stereocenters. The van der Waals surface area contributed by atoms with Gasteiger partial charge in [0.2, 0.25) is 0 Å². The van der Waals surface area contributed by atoms with Gasteiger partial charge in [-0.15, -0.1) is 0 Å². The Hall–Kier alpha value is -0.360. The van der Waals surface area contributed by atoms with Gasteiger partial charge >= 0.3 is 0 Å². The minimum Gasteiger partial charge on any atom is -0.486 e. The highest BCUT2D eigenvalue weighted by Gasteiger charge is 1.96.